The summed E-state index contributed by atoms with van der Waals surface area (Å²) in [7, 11) is 0. The van der Waals surface area contributed by atoms with Crippen molar-refractivity contribution in [3.05, 3.63) is 36.0 Å². The summed E-state index contributed by atoms with van der Waals surface area (Å²) in [6.07, 6.45) is 3.56. The monoisotopic (exact) mass is 439 g/mol. The Morgan fingerprint density at radius 2 is 2.17 bits per heavy atom. The summed E-state index contributed by atoms with van der Waals surface area (Å²) in [5, 5.41) is 25.5. The molecule has 30 heavy (non-hydrogen) atoms. The largest absolute Gasteiger partial charge is 0.506 e. The first kappa shape index (κ1) is 20.0. The number of aromatic nitrogens is 3. The Kier molecular flexibility index (Phi) is 5.46. The van der Waals surface area contributed by atoms with Crippen LogP contribution in [0, 0.1) is 0 Å². The van der Waals surface area contributed by atoms with Gasteiger partial charge in [0.05, 0.1) is 16.6 Å². The molecule has 9 nitrogen and oxygen atoms in total. The number of primary amides is 1. The lowest BCUT2D eigenvalue weighted by atomic mass is 10.0. The number of thioether (sulfide) groups is 1. The van der Waals surface area contributed by atoms with Gasteiger partial charge in [-0.25, -0.2) is 9.97 Å². The maximum absolute atomic E-state index is 11.8. The molecule has 0 aliphatic heterocycles. The fraction of sp³-hybridized carbons (Fsp3) is 0.158. The van der Waals surface area contributed by atoms with E-state index in [0.717, 1.165) is 17.2 Å². The summed E-state index contributed by atoms with van der Waals surface area (Å²) in [5.74, 6) is -0.932. The number of carbonyl (C=O) groups excluding carboxylic acids is 1. The van der Waals surface area contributed by atoms with Crippen LogP contribution >= 0.6 is 23.3 Å². The number of nitrogens with zero attached hydrogens (tertiary/aromatic N) is 5. The minimum absolute atomic E-state index is 0.0211. The number of nitrogens with one attached hydrogen (secondary N) is 1. The van der Waals surface area contributed by atoms with Gasteiger partial charge in [-0.05, 0) is 36.8 Å². The average molecular weight is 440 g/mol. The molecule has 0 unspecified atom stereocenters. The van der Waals surface area contributed by atoms with Crippen LogP contribution in [-0.2, 0) is 0 Å². The molecule has 0 aliphatic carbocycles. The Labute approximate surface area is 179 Å². The predicted molar refractivity (Wildman–Crippen MR) is 119 cm³/mol. The van der Waals surface area contributed by atoms with Gasteiger partial charge in [-0.3, -0.25) is 4.79 Å². The van der Waals surface area contributed by atoms with Crippen LogP contribution < -0.4 is 11.1 Å². The van der Waals surface area contributed by atoms with E-state index in [-0.39, 0.29) is 11.3 Å². The molecule has 152 valence electrons. The number of hydrogen-bond donors (Lipinski definition) is 3. The Bertz CT molecular complexity index is 1300. The summed E-state index contributed by atoms with van der Waals surface area (Å²) in [4.78, 5) is 20.5. The van der Waals surface area contributed by atoms with E-state index in [0.29, 0.717) is 44.2 Å². The Hall–Kier alpha value is -3.31. The average Bonchev–Trinajstić information content (AvgIpc) is 3.15. The number of benzene rings is 2. The highest BCUT2D eigenvalue weighted by molar-refractivity contribution is 7.98. The van der Waals surface area contributed by atoms with Gasteiger partial charge < -0.3 is 16.2 Å². The van der Waals surface area contributed by atoms with E-state index in [4.69, 9.17) is 5.73 Å². The lowest BCUT2D eigenvalue weighted by Crippen LogP contribution is -2.11. The number of anilines is 1. The van der Waals surface area contributed by atoms with Crippen molar-refractivity contribution in [3.8, 4) is 5.75 Å². The molecule has 2 heterocycles. The normalized spacial score (nSPS) is 11.5. The second kappa shape index (κ2) is 8.20. The lowest BCUT2D eigenvalue weighted by Gasteiger charge is -2.13. The van der Waals surface area contributed by atoms with Gasteiger partial charge in [0.15, 0.2) is 15.8 Å². The van der Waals surface area contributed by atoms with E-state index in [1.807, 2.05) is 19.2 Å². The Morgan fingerprint density at radius 3 is 2.90 bits per heavy atom. The van der Waals surface area contributed by atoms with Gasteiger partial charge >= 0.3 is 0 Å². The van der Waals surface area contributed by atoms with Crippen LogP contribution in [0.2, 0.25) is 0 Å². The summed E-state index contributed by atoms with van der Waals surface area (Å²) < 4.78 is 4.31. The van der Waals surface area contributed by atoms with Gasteiger partial charge in [0.2, 0.25) is 0 Å². The third-order valence-electron chi connectivity index (χ3n) is 4.37. The first-order chi connectivity index (χ1) is 14.5. The van der Waals surface area contributed by atoms with E-state index in [9.17, 15) is 9.90 Å². The van der Waals surface area contributed by atoms with Crippen LogP contribution in [0.5, 0.6) is 5.75 Å². The zero-order valence-electron chi connectivity index (χ0n) is 16.1. The fourth-order valence-electron chi connectivity index (χ4n) is 3.04. The second-order valence-electron chi connectivity index (χ2n) is 6.20. The van der Waals surface area contributed by atoms with Crippen molar-refractivity contribution in [2.24, 2.45) is 16.0 Å². The van der Waals surface area contributed by atoms with Crippen molar-refractivity contribution in [1.29, 1.82) is 0 Å². The standard InChI is InChI=1S/C19H17N7O2S2/c1-3-21-12-6-4-5-9-14(12)13(7-10(15(9)27)16(20)28)24-25-18-11-8-22-19(29-2)23-17(11)26-30-18/h4-8,21,27H,3H2,1-2H3,(H2,20,28)/b25-24+. The molecule has 0 saturated carbocycles. The van der Waals surface area contributed by atoms with Crippen molar-refractivity contribution in [2.75, 3.05) is 18.1 Å². The molecule has 11 heteroatoms. The number of amides is 1. The van der Waals surface area contributed by atoms with E-state index in [1.54, 1.807) is 18.3 Å². The molecule has 0 saturated heterocycles. The second-order valence-corrected chi connectivity index (χ2v) is 7.72. The minimum atomic E-state index is -0.749. The van der Waals surface area contributed by atoms with Crippen molar-refractivity contribution >= 4 is 67.4 Å². The number of aromatic hydroxyl groups is 1. The van der Waals surface area contributed by atoms with Gasteiger partial charge in [0, 0.05) is 29.2 Å². The number of hydrogen-bond acceptors (Lipinski definition) is 10. The van der Waals surface area contributed by atoms with Gasteiger partial charge in [-0.1, -0.05) is 23.9 Å². The summed E-state index contributed by atoms with van der Waals surface area (Å²) in [5.41, 5.74) is 7.14. The molecular formula is C19H17N7O2S2. The van der Waals surface area contributed by atoms with E-state index < -0.39 is 5.91 Å². The minimum Gasteiger partial charge on any atom is -0.506 e. The zero-order valence-corrected chi connectivity index (χ0v) is 17.7. The molecule has 4 rings (SSSR count). The quantitative estimate of drug-likeness (QED) is 0.226. The molecule has 2 aromatic heterocycles. The molecule has 4 aromatic rings. The maximum atomic E-state index is 11.8. The summed E-state index contributed by atoms with van der Waals surface area (Å²) in [6, 6.07) is 6.80. The summed E-state index contributed by atoms with van der Waals surface area (Å²) >= 11 is 2.59. The maximum Gasteiger partial charge on any atom is 0.252 e. The number of phenols is 1. The Balaban J connectivity index is 1.89. The van der Waals surface area contributed by atoms with Crippen LogP contribution in [0.3, 0.4) is 0 Å². The molecule has 0 atom stereocenters. The molecule has 1 amide bonds. The molecular weight excluding hydrogens is 422 g/mol. The smallest absolute Gasteiger partial charge is 0.252 e. The molecule has 0 bridgehead atoms. The van der Waals surface area contributed by atoms with Crippen molar-refractivity contribution in [2.45, 2.75) is 12.1 Å². The van der Waals surface area contributed by atoms with E-state index >= 15 is 0 Å². The lowest BCUT2D eigenvalue weighted by molar-refractivity contribution is 0.0998. The van der Waals surface area contributed by atoms with Crippen LogP contribution in [-0.4, -0.2) is 38.2 Å². The number of fused-ring (bicyclic) bond motifs is 2. The molecule has 0 spiro atoms. The number of nitrogens with two attached hydrogens (primary N) is 1. The highest BCUT2D eigenvalue weighted by Crippen LogP contribution is 2.41. The van der Waals surface area contributed by atoms with Crippen LogP contribution in [0.1, 0.15) is 17.3 Å². The van der Waals surface area contributed by atoms with Crippen LogP contribution in [0.4, 0.5) is 16.4 Å². The number of carbonyl (C=O) groups is 1. The Morgan fingerprint density at radius 1 is 1.33 bits per heavy atom. The fourth-order valence-corrected chi connectivity index (χ4v) is 4.00. The van der Waals surface area contributed by atoms with E-state index in [2.05, 4.69) is 29.9 Å². The van der Waals surface area contributed by atoms with E-state index in [1.165, 1.54) is 17.8 Å². The topological polar surface area (TPSA) is 139 Å². The van der Waals surface area contributed by atoms with Crippen LogP contribution in [0.25, 0.3) is 21.8 Å². The SMILES string of the molecule is CCNc1cccc2c(O)c(C(N)=O)cc(/N=N/c3snc4nc(SC)ncc34)c12. The third-order valence-corrected chi connectivity index (χ3v) is 5.67. The number of azo groups is 1. The predicted octanol–water partition coefficient (Wildman–Crippen LogP) is 4.61. The van der Waals surface area contributed by atoms with Gasteiger partial charge in [-0.15, -0.1) is 10.2 Å². The van der Waals surface area contributed by atoms with Crippen LogP contribution in [0.15, 0.2) is 45.8 Å². The van der Waals surface area contributed by atoms with Gasteiger partial charge in [0.25, 0.3) is 5.91 Å². The molecule has 0 fully saturated rings. The van der Waals surface area contributed by atoms with Gasteiger partial charge in [-0.2, -0.15) is 4.37 Å². The first-order valence-corrected chi connectivity index (χ1v) is 10.9. The first-order valence-electron chi connectivity index (χ1n) is 8.94. The highest BCUT2D eigenvalue weighted by atomic mass is 32.2. The van der Waals surface area contributed by atoms with Gasteiger partial charge in [0.1, 0.15) is 5.75 Å². The van der Waals surface area contributed by atoms with Crippen molar-refractivity contribution in [1.82, 2.24) is 14.3 Å². The zero-order chi connectivity index (χ0) is 21.3. The summed E-state index contributed by atoms with van der Waals surface area (Å²) in [6.45, 7) is 2.63. The van der Waals surface area contributed by atoms with Crippen molar-refractivity contribution in [3.63, 3.8) is 0 Å². The molecule has 0 aliphatic rings. The highest BCUT2D eigenvalue weighted by Gasteiger charge is 2.18. The number of rotatable bonds is 6. The molecule has 4 N–H and O–H groups in total. The molecule has 0 radical (unpaired) electrons. The molecule has 2 aromatic carbocycles. The van der Waals surface area contributed by atoms with Crippen molar-refractivity contribution < 1.29 is 9.90 Å². The third kappa shape index (κ3) is 3.53.